The lowest BCUT2D eigenvalue weighted by Crippen LogP contribution is -2.49. The summed E-state index contributed by atoms with van der Waals surface area (Å²) in [4.78, 5) is 19.9. The average Bonchev–Trinajstić information content (AvgIpc) is 2.78. The Hall–Kier alpha value is -3.28. The molecule has 2 heterocycles. The monoisotopic (exact) mass is 406 g/mol. The fraction of sp³-hybridized carbons (Fsp3) is 0.333. The quantitative estimate of drug-likeness (QED) is 0.733. The van der Waals surface area contributed by atoms with E-state index < -0.39 is 18.2 Å². The van der Waals surface area contributed by atoms with Crippen molar-refractivity contribution < 1.29 is 19.1 Å². The van der Waals surface area contributed by atoms with Crippen LogP contribution in [0.15, 0.2) is 72.0 Å². The molecule has 6 nitrogen and oxygen atoms in total. The summed E-state index contributed by atoms with van der Waals surface area (Å²) in [6.45, 7) is 4.28. The van der Waals surface area contributed by atoms with Gasteiger partial charge in [-0.1, -0.05) is 73.6 Å². The summed E-state index contributed by atoms with van der Waals surface area (Å²) < 4.78 is 11.1. The number of carbonyl (C=O) groups is 1. The SMILES string of the molecule is COC(=O)N1C=C[C@H]2OC(Cc3ccccc3)=NO[C@H]2[C@@H]1c1cccc(C(C)C)c1. The predicted octanol–water partition coefficient (Wildman–Crippen LogP) is 4.79. The first-order chi connectivity index (χ1) is 14.6. The maximum atomic E-state index is 12.5. The molecule has 3 atom stereocenters. The molecule has 0 fully saturated rings. The van der Waals surface area contributed by atoms with Crippen molar-refractivity contribution in [2.75, 3.05) is 7.11 Å². The standard InChI is InChI=1S/C24H26N2O4/c1-16(2)18-10-7-11-19(15-18)22-23-20(12-13-26(22)24(27)28-3)29-21(25-30-23)14-17-8-5-4-6-9-17/h4-13,15-16,20,22-23H,14H2,1-3H3/t20-,22+,23-/m1/s1. The Bertz CT molecular complexity index is 955. The lowest BCUT2D eigenvalue weighted by atomic mass is 9.90. The van der Waals surface area contributed by atoms with Crippen molar-refractivity contribution in [3.05, 3.63) is 83.6 Å². The van der Waals surface area contributed by atoms with Gasteiger partial charge < -0.3 is 14.3 Å². The molecular formula is C24H26N2O4. The van der Waals surface area contributed by atoms with Crippen LogP contribution in [0.25, 0.3) is 0 Å². The van der Waals surface area contributed by atoms with E-state index in [0.717, 1.165) is 11.1 Å². The highest BCUT2D eigenvalue weighted by Crippen LogP contribution is 2.37. The molecule has 0 aliphatic carbocycles. The molecule has 4 rings (SSSR count). The highest BCUT2D eigenvalue weighted by molar-refractivity contribution is 5.79. The summed E-state index contributed by atoms with van der Waals surface area (Å²) in [6.07, 6.45) is 2.81. The van der Waals surface area contributed by atoms with Crippen LogP contribution >= 0.6 is 0 Å². The molecule has 0 radical (unpaired) electrons. The molecule has 0 saturated carbocycles. The minimum absolute atomic E-state index is 0.352. The van der Waals surface area contributed by atoms with Crippen molar-refractivity contribution >= 4 is 12.0 Å². The molecule has 2 aromatic rings. The van der Waals surface area contributed by atoms with Crippen molar-refractivity contribution in [3.63, 3.8) is 0 Å². The second-order valence-electron chi connectivity index (χ2n) is 7.79. The van der Waals surface area contributed by atoms with E-state index in [1.165, 1.54) is 12.7 Å². The van der Waals surface area contributed by atoms with Crippen molar-refractivity contribution in [1.29, 1.82) is 0 Å². The maximum absolute atomic E-state index is 12.5. The molecule has 2 aromatic carbocycles. The van der Waals surface area contributed by atoms with E-state index in [2.05, 4.69) is 31.1 Å². The van der Waals surface area contributed by atoms with Crippen LogP contribution in [-0.4, -0.2) is 36.2 Å². The van der Waals surface area contributed by atoms with Crippen molar-refractivity contribution in [1.82, 2.24) is 4.90 Å². The summed E-state index contributed by atoms with van der Waals surface area (Å²) >= 11 is 0. The zero-order valence-electron chi connectivity index (χ0n) is 17.4. The van der Waals surface area contributed by atoms with Gasteiger partial charge in [0.15, 0.2) is 12.2 Å². The van der Waals surface area contributed by atoms with Gasteiger partial charge in [-0.05, 0) is 28.7 Å². The van der Waals surface area contributed by atoms with Crippen LogP contribution in [0.2, 0.25) is 0 Å². The van der Waals surface area contributed by atoms with Crippen molar-refractivity contribution in [2.45, 2.75) is 44.4 Å². The number of carbonyl (C=O) groups excluding carboxylic acids is 1. The summed E-state index contributed by atoms with van der Waals surface area (Å²) in [5, 5.41) is 4.24. The zero-order chi connectivity index (χ0) is 21.1. The lowest BCUT2D eigenvalue weighted by Gasteiger charge is -2.41. The van der Waals surface area contributed by atoms with Crippen LogP contribution in [-0.2, 0) is 20.7 Å². The zero-order valence-corrected chi connectivity index (χ0v) is 17.4. The number of ether oxygens (including phenoxy) is 2. The van der Waals surface area contributed by atoms with Crippen LogP contribution in [0.5, 0.6) is 0 Å². The number of benzene rings is 2. The van der Waals surface area contributed by atoms with E-state index >= 15 is 0 Å². The molecule has 156 valence electrons. The first-order valence-electron chi connectivity index (χ1n) is 10.1. The maximum Gasteiger partial charge on any atom is 0.414 e. The van der Waals surface area contributed by atoms with E-state index in [9.17, 15) is 4.79 Å². The van der Waals surface area contributed by atoms with E-state index in [0.29, 0.717) is 18.2 Å². The van der Waals surface area contributed by atoms with E-state index in [4.69, 9.17) is 14.3 Å². The van der Waals surface area contributed by atoms with E-state index in [1.807, 2.05) is 48.5 Å². The van der Waals surface area contributed by atoms with Gasteiger partial charge in [0.05, 0.1) is 13.5 Å². The number of oxime groups is 1. The first kappa shape index (κ1) is 20.0. The summed E-state index contributed by atoms with van der Waals surface area (Å²) in [5.74, 6) is 0.888. The fourth-order valence-electron chi connectivity index (χ4n) is 3.82. The molecule has 0 N–H and O–H groups in total. The third kappa shape index (κ3) is 4.03. The Morgan fingerprint density at radius 1 is 1.17 bits per heavy atom. The van der Waals surface area contributed by atoms with Gasteiger partial charge in [0.1, 0.15) is 6.04 Å². The minimum Gasteiger partial charge on any atom is -0.467 e. The van der Waals surface area contributed by atoms with Crippen LogP contribution in [0, 0.1) is 0 Å². The first-order valence-corrected chi connectivity index (χ1v) is 10.1. The molecule has 6 heteroatoms. The average molecular weight is 406 g/mol. The summed E-state index contributed by atoms with van der Waals surface area (Å²) in [7, 11) is 1.37. The molecule has 1 amide bonds. The summed E-state index contributed by atoms with van der Waals surface area (Å²) in [6, 6.07) is 17.8. The van der Waals surface area contributed by atoms with Gasteiger partial charge in [-0.25, -0.2) is 4.79 Å². The number of fused-ring (bicyclic) bond motifs is 1. The van der Waals surface area contributed by atoms with Gasteiger partial charge in [-0.3, -0.25) is 4.90 Å². The molecule has 0 bridgehead atoms. The van der Waals surface area contributed by atoms with Crippen molar-refractivity contribution in [3.8, 4) is 0 Å². The number of rotatable bonds is 4. The Labute approximate surface area is 176 Å². The number of methoxy groups -OCH3 is 1. The van der Waals surface area contributed by atoms with Gasteiger partial charge in [0.25, 0.3) is 0 Å². The Morgan fingerprint density at radius 2 is 1.97 bits per heavy atom. The molecule has 0 saturated heterocycles. The number of hydrogen-bond acceptors (Lipinski definition) is 5. The second kappa shape index (κ2) is 8.61. The third-order valence-corrected chi connectivity index (χ3v) is 5.42. The molecule has 30 heavy (non-hydrogen) atoms. The smallest absolute Gasteiger partial charge is 0.414 e. The largest absolute Gasteiger partial charge is 0.467 e. The predicted molar refractivity (Wildman–Crippen MR) is 114 cm³/mol. The van der Waals surface area contributed by atoms with Crippen LogP contribution in [0.4, 0.5) is 4.79 Å². The van der Waals surface area contributed by atoms with Crippen LogP contribution in [0.3, 0.4) is 0 Å². The molecule has 0 aromatic heterocycles. The Morgan fingerprint density at radius 3 is 2.70 bits per heavy atom. The van der Waals surface area contributed by atoms with Crippen LogP contribution in [0.1, 0.15) is 42.5 Å². The minimum atomic E-state index is -0.476. The molecule has 0 spiro atoms. The molecule has 2 aliphatic heterocycles. The normalized spacial score (nSPS) is 22.6. The topological polar surface area (TPSA) is 60.4 Å². The number of amides is 1. The molecule has 0 unspecified atom stereocenters. The van der Waals surface area contributed by atoms with Gasteiger partial charge >= 0.3 is 6.09 Å². The van der Waals surface area contributed by atoms with Gasteiger partial charge in [0, 0.05) is 6.20 Å². The Kier molecular flexibility index (Phi) is 5.74. The van der Waals surface area contributed by atoms with Crippen LogP contribution < -0.4 is 0 Å². The van der Waals surface area contributed by atoms with E-state index in [-0.39, 0.29) is 6.10 Å². The van der Waals surface area contributed by atoms with Gasteiger partial charge in [-0.15, -0.1) is 0 Å². The highest BCUT2D eigenvalue weighted by atomic mass is 16.7. The second-order valence-corrected chi connectivity index (χ2v) is 7.79. The Balaban J connectivity index is 1.64. The number of hydrogen-bond donors (Lipinski definition) is 0. The van der Waals surface area contributed by atoms with E-state index in [1.54, 1.807) is 11.1 Å². The lowest BCUT2D eigenvalue weighted by molar-refractivity contribution is -0.0855. The highest BCUT2D eigenvalue weighted by Gasteiger charge is 2.44. The summed E-state index contributed by atoms with van der Waals surface area (Å²) in [5.41, 5.74) is 3.24. The third-order valence-electron chi connectivity index (χ3n) is 5.42. The number of nitrogens with zero attached hydrogens (tertiary/aromatic N) is 2. The molecule has 2 aliphatic rings. The fourth-order valence-corrected chi connectivity index (χ4v) is 3.82. The van der Waals surface area contributed by atoms with Crippen molar-refractivity contribution in [2.24, 2.45) is 5.16 Å². The molecular weight excluding hydrogens is 380 g/mol. The van der Waals surface area contributed by atoms with Gasteiger partial charge in [0.2, 0.25) is 5.90 Å². The van der Waals surface area contributed by atoms with Gasteiger partial charge in [-0.2, -0.15) is 0 Å².